The van der Waals surface area contributed by atoms with Crippen molar-refractivity contribution >= 4 is 17.5 Å². The summed E-state index contributed by atoms with van der Waals surface area (Å²) < 4.78 is 0. The fourth-order valence-corrected chi connectivity index (χ4v) is 2.66. The number of aryl methyl sites for hydroxylation is 3. The van der Waals surface area contributed by atoms with Crippen molar-refractivity contribution in [1.82, 2.24) is 0 Å². The quantitative estimate of drug-likeness (QED) is 0.729. The first kappa shape index (κ1) is 14.3. The highest BCUT2D eigenvalue weighted by atomic mass is 32.2. The van der Waals surface area contributed by atoms with Crippen LogP contribution in [0.25, 0.3) is 0 Å². The van der Waals surface area contributed by atoms with E-state index in [0.717, 1.165) is 16.9 Å². The third-order valence-electron chi connectivity index (χ3n) is 2.83. The number of carbonyl (C=O) groups excluding carboxylic acids is 1. The SMILES string of the molecule is Cc1cc(C)c(C(=O)CSCC(C)C)cc1C. The molecular weight excluding hydrogens is 228 g/mol. The van der Waals surface area contributed by atoms with Gasteiger partial charge < -0.3 is 0 Å². The molecule has 0 aliphatic rings. The van der Waals surface area contributed by atoms with Crippen molar-refractivity contribution in [1.29, 1.82) is 0 Å². The molecule has 1 aromatic rings. The third kappa shape index (κ3) is 4.19. The van der Waals surface area contributed by atoms with Crippen LogP contribution >= 0.6 is 11.8 Å². The molecule has 17 heavy (non-hydrogen) atoms. The molecule has 0 unspecified atom stereocenters. The predicted octanol–water partition coefficient (Wildman–Crippen LogP) is 4.18. The maximum atomic E-state index is 12.1. The van der Waals surface area contributed by atoms with E-state index >= 15 is 0 Å². The fourth-order valence-electron chi connectivity index (χ4n) is 1.73. The second kappa shape index (κ2) is 6.25. The molecule has 0 aliphatic carbocycles. The lowest BCUT2D eigenvalue weighted by atomic mass is 9.99. The van der Waals surface area contributed by atoms with Gasteiger partial charge in [-0.1, -0.05) is 19.9 Å². The van der Waals surface area contributed by atoms with Crippen LogP contribution < -0.4 is 0 Å². The summed E-state index contributed by atoms with van der Waals surface area (Å²) in [6, 6.07) is 4.14. The molecule has 0 amide bonds. The molecule has 0 aromatic heterocycles. The number of carbonyl (C=O) groups is 1. The van der Waals surface area contributed by atoms with Crippen LogP contribution in [0.2, 0.25) is 0 Å². The Bertz CT molecular complexity index is 408. The van der Waals surface area contributed by atoms with Crippen molar-refractivity contribution in [3.63, 3.8) is 0 Å². The van der Waals surface area contributed by atoms with Crippen molar-refractivity contribution in [2.24, 2.45) is 5.92 Å². The second-order valence-corrected chi connectivity index (χ2v) is 6.11. The number of hydrogen-bond donors (Lipinski definition) is 0. The van der Waals surface area contributed by atoms with Gasteiger partial charge in [0.1, 0.15) is 0 Å². The predicted molar refractivity (Wildman–Crippen MR) is 77.1 cm³/mol. The number of ketones is 1. The molecule has 1 aromatic carbocycles. The molecule has 94 valence electrons. The van der Waals surface area contributed by atoms with E-state index in [2.05, 4.69) is 33.8 Å². The standard InChI is InChI=1S/C15H22OS/c1-10(2)8-17-9-15(16)14-7-12(4)11(3)6-13(14)5/h6-7,10H,8-9H2,1-5H3. The Labute approximate surface area is 109 Å². The first-order valence-corrected chi connectivity index (χ1v) is 7.26. The van der Waals surface area contributed by atoms with E-state index in [1.807, 2.05) is 13.0 Å². The Morgan fingerprint density at radius 1 is 1.12 bits per heavy atom. The van der Waals surface area contributed by atoms with Gasteiger partial charge in [-0.3, -0.25) is 4.79 Å². The lowest BCUT2D eigenvalue weighted by molar-refractivity contribution is 0.102. The average molecular weight is 250 g/mol. The van der Waals surface area contributed by atoms with Gasteiger partial charge >= 0.3 is 0 Å². The third-order valence-corrected chi connectivity index (χ3v) is 4.19. The normalized spacial score (nSPS) is 10.9. The molecule has 0 fully saturated rings. The van der Waals surface area contributed by atoms with Crippen LogP contribution in [0.5, 0.6) is 0 Å². The van der Waals surface area contributed by atoms with Crippen LogP contribution in [0.3, 0.4) is 0 Å². The van der Waals surface area contributed by atoms with E-state index in [1.165, 1.54) is 11.1 Å². The smallest absolute Gasteiger partial charge is 0.172 e. The molecule has 0 atom stereocenters. The zero-order valence-electron chi connectivity index (χ0n) is 11.5. The van der Waals surface area contributed by atoms with Crippen LogP contribution in [0.15, 0.2) is 12.1 Å². The Kier molecular flexibility index (Phi) is 5.26. The van der Waals surface area contributed by atoms with Crippen LogP contribution in [-0.4, -0.2) is 17.3 Å². The summed E-state index contributed by atoms with van der Waals surface area (Å²) >= 11 is 1.73. The average Bonchev–Trinajstić information content (AvgIpc) is 2.22. The molecule has 0 saturated heterocycles. The van der Waals surface area contributed by atoms with Gasteiger partial charge in [0, 0.05) is 5.56 Å². The van der Waals surface area contributed by atoms with Crippen LogP contribution in [0.1, 0.15) is 40.9 Å². The largest absolute Gasteiger partial charge is 0.293 e. The monoisotopic (exact) mass is 250 g/mol. The molecule has 0 heterocycles. The highest BCUT2D eigenvalue weighted by molar-refractivity contribution is 7.99. The number of benzene rings is 1. The van der Waals surface area contributed by atoms with Gasteiger partial charge in [0.2, 0.25) is 0 Å². The van der Waals surface area contributed by atoms with Crippen molar-refractivity contribution < 1.29 is 4.79 Å². The number of hydrogen-bond acceptors (Lipinski definition) is 2. The minimum Gasteiger partial charge on any atom is -0.293 e. The van der Waals surface area contributed by atoms with Gasteiger partial charge in [0.25, 0.3) is 0 Å². The number of rotatable bonds is 5. The first-order chi connectivity index (χ1) is 7.91. The molecule has 0 saturated carbocycles. The zero-order valence-corrected chi connectivity index (χ0v) is 12.3. The summed E-state index contributed by atoms with van der Waals surface area (Å²) in [5.74, 6) is 2.56. The van der Waals surface area contributed by atoms with E-state index in [-0.39, 0.29) is 5.78 Å². The maximum absolute atomic E-state index is 12.1. The van der Waals surface area contributed by atoms with Gasteiger partial charge in [-0.05, 0) is 55.2 Å². The molecule has 0 radical (unpaired) electrons. The summed E-state index contributed by atoms with van der Waals surface area (Å²) in [6.45, 7) is 10.5. The van der Waals surface area contributed by atoms with Gasteiger partial charge in [0.15, 0.2) is 5.78 Å². The molecule has 0 spiro atoms. The minimum absolute atomic E-state index is 0.260. The van der Waals surface area contributed by atoms with E-state index < -0.39 is 0 Å². The van der Waals surface area contributed by atoms with E-state index in [1.54, 1.807) is 11.8 Å². The van der Waals surface area contributed by atoms with E-state index in [4.69, 9.17) is 0 Å². The Morgan fingerprint density at radius 2 is 1.71 bits per heavy atom. The fraction of sp³-hybridized carbons (Fsp3) is 0.533. The molecule has 0 bridgehead atoms. The van der Waals surface area contributed by atoms with Crippen molar-refractivity contribution in [3.05, 3.63) is 34.4 Å². The second-order valence-electron chi connectivity index (χ2n) is 5.08. The highest BCUT2D eigenvalue weighted by Gasteiger charge is 2.10. The topological polar surface area (TPSA) is 17.1 Å². The van der Waals surface area contributed by atoms with E-state index in [9.17, 15) is 4.79 Å². The van der Waals surface area contributed by atoms with Gasteiger partial charge in [-0.25, -0.2) is 0 Å². The minimum atomic E-state index is 0.260. The molecule has 0 aliphatic heterocycles. The van der Waals surface area contributed by atoms with Crippen LogP contribution in [0, 0.1) is 26.7 Å². The Hall–Kier alpha value is -0.760. The zero-order chi connectivity index (χ0) is 13.0. The lowest BCUT2D eigenvalue weighted by Gasteiger charge is -2.09. The summed E-state index contributed by atoms with van der Waals surface area (Å²) in [5, 5.41) is 0. The van der Waals surface area contributed by atoms with Gasteiger partial charge in [0.05, 0.1) is 5.75 Å². The number of thioether (sulfide) groups is 1. The molecule has 1 rings (SSSR count). The van der Waals surface area contributed by atoms with Gasteiger partial charge in [-0.15, -0.1) is 0 Å². The summed E-state index contributed by atoms with van der Waals surface area (Å²) in [6.07, 6.45) is 0. The summed E-state index contributed by atoms with van der Waals surface area (Å²) in [5.41, 5.74) is 4.45. The van der Waals surface area contributed by atoms with Crippen LogP contribution in [0.4, 0.5) is 0 Å². The van der Waals surface area contributed by atoms with Crippen molar-refractivity contribution in [3.8, 4) is 0 Å². The first-order valence-electron chi connectivity index (χ1n) is 6.10. The molecule has 0 N–H and O–H groups in total. The highest BCUT2D eigenvalue weighted by Crippen LogP contribution is 2.18. The molecular formula is C15H22OS. The lowest BCUT2D eigenvalue weighted by Crippen LogP contribution is -2.07. The Morgan fingerprint density at radius 3 is 2.29 bits per heavy atom. The Balaban J connectivity index is 2.72. The van der Waals surface area contributed by atoms with E-state index in [0.29, 0.717) is 11.7 Å². The van der Waals surface area contributed by atoms with Gasteiger partial charge in [-0.2, -0.15) is 11.8 Å². The summed E-state index contributed by atoms with van der Waals surface area (Å²) in [4.78, 5) is 12.1. The van der Waals surface area contributed by atoms with Crippen LogP contribution in [-0.2, 0) is 0 Å². The molecule has 1 nitrogen and oxygen atoms in total. The van der Waals surface area contributed by atoms with Crippen molar-refractivity contribution in [2.75, 3.05) is 11.5 Å². The number of Topliss-reactive ketones (excluding diaryl/α,β-unsaturated/α-hetero) is 1. The summed E-state index contributed by atoms with van der Waals surface area (Å²) in [7, 11) is 0. The van der Waals surface area contributed by atoms with Crippen molar-refractivity contribution in [2.45, 2.75) is 34.6 Å². The molecule has 2 heteroatoms. The maximum Gasteiger partial charge on any atom is 0.172 e.